The third-order valence-corrected chi connectivity index (χ3v) is 6.56. The fourth-order valence-electron chi connectivity index (χ4n) is 4.13. The van der Waals surface area contributed by atoms with Crippen molar-refractivity contribution < 1.29 is 4.79 Å². The van der Waals surface area contributed by atoms with Crippen molar-refractivity contribution >= 4 is 28.6 Å². The first-order chi connectivity index (χ1) is 13.7. The van der Waals surface area contributed by atoms with Crippen molar-refractivity contribution in [2.45, 2.75) is 56.5 Å². The van der Waals surface area contributed by atoms with Crippen molar-refractivity contribution in [3.8, 4) is 0 Å². The van der Waals surface area contributed by atoms with E-state index in [9.17, 15) is 4.79 Å². The van der Waals surface area contributed by atoms with Crippen LogP contribution in [0.4, 0.5) is 0 Å². The number of benzene rings is 2. The maximum Gasteiger partial charge on any atom is 0.230 e. The molecule has 3 nitrogen and oxygen atoms in total. The summed E-state index contributed by atoms with van der Waals surface area (Å²) < 4.78 is 2.30. The number of carbonyl (C=O) groups excluding carboxylic acids is 1. The molecule has 1 N–H and O–H groups in total. The number of thioether (sulfide) groups is 1. The summed E-state index contributed by atoms with van der Waals surface area (Å²) in [5, 5.41) is 4.45. The largest absolute Gasteiger partial charge is 0.353 e. The normalized spacial score (nSPS) is 15.0. The Kier molecular flexibility index (Phi) is 6.06. The van der Waals surface area contributed by atoms with Crippen LogP contribution in [0.5, 0.6) is 0 Å². The lowest BCUT2D eigenvalue weighted by Gasteiger charge is -2.22. The van der Waals surface area contributed by atoms with Gasteiger partial charge in [-0.25, -0.2) is 0 Å². The van der Waals surface area contributed by atoms with Crippen molar-refractivity contribution in [2.24, 2.45) is 0 Å². The van der Waals surface area contributed by atoms with E-state index < -0.39 is 0 Å². The Balaban J connectivity index is 1.47. The molecule has 28 heavy (non-hydrogen) atoms. The summed E-state index contributed by atoms with van der Waals surface area (Å²) in [6.07, 6.45) is 8.25. The summed E-state index contributed by atoms with van der Waals surface area (Å²) in [6.45, 7) is 2.97. The number of hydrogen-bond donors (Lipinski definition) is 1. The molecule has 1 saturated carbocycles. The highest BCUT2D eigenvalue weighted by Crippen LogP contribution is 2.30. The van der Waals surface area contributed by atoms with Crippen LogP contribution in [0.25, 0.3) is 10.9 Å². The summed E-state index contributed by atoms with van der Waals surface area (Å²) >= 11 is 1.65. The van der Waals surface area contributed by atoms with Crippen LogP contribution in [0.3, 0.4) is 0 Å². The van der Waals surface area contributed by atoms with Crippen LogP contribution in [-0.2, 0) is 11.3 Å². The van der Waals surface area contributed by atoms with Crippen molar-refractivity contribution in [1.29, 1.82) is 0 Å². The van der Waals surface area contributed by atoms with Gasteiger partial charge in [0.05, 0.1) is 5.75 Å². The second-order valence-corrected chi connectivity index (χ2v) is 8.84. The molecule has 0 saturated heterocycles. The Morgan fingerprint density at radius 2 is 1.93 bits per heavy atom. The van der Waals surface area contributed by atoms with Crippen molar-refractivity contribution in [3.63, 3.8) is 0 Å². The second kappa shape index (κ2) is 8.87. The molecule has 1 aromatic heterocycles. The molecule has 4 rings (SSSR count). The molecule has 1 fully saturated rings. The highest BCUT2D eigenvalue weighted by molar-refractivity contribution is 8.00. The predicted molar refractivity (Wildman–Crippen MR) is 118 cm³/mol. The number of nitrogens with zero attached hydrogens (tertiary/aromatic N) is 1. The number of hydrogen-bond acceptors (Lipinski definition) is 2. The standard InChI is InChI=1S/C24H28N2OS/c1-18-8-7-9-19(14-18)15-26-16-23(21-12-5-6-13-22(21)26)28-17-24(27)25-20-10-3-2-4-11-20/h5-9,12-14,16,20H,2-4,10-11,15,17H2,1H3,(H,25,27). The fourth-order valence-corrected chi connectivity index (χ4v) is 5.03. The minimum Gasteiger partial charge on any atom is -0.353 e. The first-order valence-corrected chi connectivity index (χ1v) is 11.2. The van der Waals surface area contributed by atoms with E-state index in [-0.39, 0.29) is 5.91 Å². The van der Waals surface area contributed by atoms with Crippen molar-refractivity contribution in [1.82, 2.24) is 9.88 Å². The first kappa shape index (κ1) is 19.1. The highest BCUT2D eigenvalue weighted by atomic mass is 32.2. The minimum absolute atomic E-state index is 0.160. The molecule has 0 radical (unpaired) electrons. The van der Waals surface area contributed by atoms with Gasteiger partial charge in [0.1, 0.15) is 0 Å². The third kappa shape index (κ3) is 4.61. The topological polar surface area (TPSA) is 34.0 Å². The van der Waals surface area contributed by atoms with Gasteiger partial charge < -0.3 is 9.88 Å². The summed E-state index contributed by atoms with van der Waals surface area (Å²) in [4.78, 5) is 13.6. The Morgan fingerprint density at radius 3 is 2.75 bits per heavy atom. The van der Waals surface area contributed by atoms with E-state index in [2.05, 4.69) is 71.5 Å². The Morgan fingerprint density at radius 1 is 1.11 bits per heavy atom. The number of fused-ring (bicyclic) bond motifs is 1. The number of aryl methyl sites for hydroxylation is 1. The number of rotatable bonds is 6. The molecule has 0 aliphatic heterocycles. The molecule has 4 heteroatoms. The molecule has 3 aromatic rings. The molecule has 1 aliphatic rings. The van der Waals surface area contributed by atoms with Gasteiger partial charge in [-0.1, -0.05) is 67.3 Å². The smallest absolute Gasteiger partial charge is 0.230 e. The van der Waals surface area contributed by atoms with Crippen LogP contribution in [0, 0.1) is 6.92 Å². The zero-order valence-corrected chi connectivity index (χ0v) is 17.3. The molecule has 1 aliphatic carbocycles. The quantitative estimate of drug-likeness (QED) is 0.559. The second-order valence-electron chi connectivity index (χ2n) is 7.82. The van der Waals surface area contributed by atoms with E-state index >= 15 is 0 Å². The van der Waals surface area contributed by atoms with Crippen molar-refractivity contribution in [3.05, 3.63) is 65.9 Å². The lowest BCUT2D eigenvalue weighted by Crippen LogP contribution is -2.37. The third-order valence-electron chi connectivity index (χ3n) is 5.52. The maximum atomic E-state index is 12.4. The average Bonchev–Trinajstić information content (AvgIpc) is 3.05. The fraction of sp³-hybridized carbons (Fsp3) is 0.375. The first-order valence-electron chi connectivity index (χ1n) is 10.2. The number of carbonyl (C=O) groups is 1. The van der Waals surface area contributed by atoms with E-state index in [1.165, 1.54) is 46.2 Å². The average molecular weight is 393 g/mol. The zero-order valence-electron chi connectivity index (χ0n) is 16.5. The maximum absolute atomic E-state index is 12.4. The molecular formula is C24H28N2OS. The van der Waals surface area contributed by atoms with Crippen LogP contribution < -0.4 is 5.32 Å². The highest BCUT2D eigenvalue weighted by Gasteiger charge is 2.16. The summed E-state index contributed by atoms with van der Waals surface area (Å²) in [7, 11) is 0. The summed E-state index contributed by atoms with van der Waals surface area (Å²) in [6, 6.07) is 17.5. The van der Waals surface area contributed by atoms with Gasteiger partial charge in [-0.3, -0.25) is 4.79 Å². The van der Waals surface area contributed by atoms with Crippen LogP contribution in [0.1, 0.15) is 43.2 Å². The van der Waals surface area contributed by atoms with E-state index in [4.69, 9.17) is 0 Å². The Labute approximate surface area is 171 Å². The number of nitrogens with one attached hydrogen (secondary N) is 1. The van der Waals surface area contributed by atoms with Gasteiger partial charge in [-0.2, -0.15) is 0 Å². The monoisotopic (exact) mass is 392 g/mol. The summed E-state index contributed by atoms with van der Waals surface area (Å²) in [5.74, 6) is 0.641. The molecular weight excluding hydrogens is 364 g/mol. The van der Waals surface area contributed by atoms with Crippen LogP contribution >= 0.6 is 11.8 Å². The minimum atomic E-state index is 0.160. The van der Waals surface area contributed by atoms with Gasteiger partial charge in [0, 0.05) is 34.6 Å². The van der Waals surface area contributed by atoms with Gasteiger partial charge >= 0.3 is 0 Å². The predicted octanol–water partition coefficient (Wildman–Crippen LogP) is 5.54. The number of amides is 1. The van der Waals surface area contributed by atoms with E-state index in [1.54, 1.807) is 11.8 Å². The Bertz CT molecular complexity index is 956. The van der Waals surface area contributed by atoms with Crippen LogP contribution in [-0.4, -0.2) is 22.3 Å². The van der Waals surface area contributed by atoms with Crippen LogP contribution in [0.2, 0.25) is 0 Å². The van der Waals surface area contributed by atoms with E-state index in [0.29, 0.717) is 11.8 Å². The SMILES string of the molecule is Cc1cccc(Cn2cc(SCC(=O)NC3CCCCC3)c3ccccc32)c1. The van der Waals surface area contributed by atoms with Gasteiger partial charge in [-0.05, 0) is 31.4 Å². The molecule has 0 atom stereocenters. The molecule has 2 aromatic carbocycles. The lowest BCUT2D eigenvalue weighted by atomic mass is 9.95. The number of aromatic nitrogens is 1. The van der Waals surface area contributed by atoms with E-state index in [0.717, 1.165) is 19.4 Å². The van der Waals surface area contributed by atoms with Gasteiger partial charge in [0.25, 0.3) is 0 Å². The zero-order chi connectivity index (χ0) is 19.3. The molecule has 146 valence electrons. The molecule has 1 amide bonds. The van der Waals surface area contributed by atoms with Gasteiger partial charge in [-0.15, -0.1) is 11.8 Å². The molecule has 0 unspecified atom stereocenters. The Hall–Kier alpha value is -2.20. The van der Waals surface area contributed by atoms with Crippen molar-refractivity contribution in [2.75, 3.05) is 5.75 Å². The lowest BCUT2D eigenvalue weighted by molar-refractivity contribution is -0.119. The van der Waals surface area contributed by atoms with Gasteiger partial charge in [0.15, 0.2) is 0 Å². The molecule has 1 heterocycles. The molecule has 0 spiro atoms. The van der Waals surface area contributed by atoms with Crippen LogP contribution in [0.15, 0.2) is 59.6 Å². The van der Waals surface area contributed by atoms with Gasteiger partial charge in [0.2, 0.25) is 5.91 Å². The summed E-state index contributed by atoms with van der Waals surface area (Å²) in [5.41, 5.74) is 3.80. The number of para-hydroxylation sites is 1. The molecule has 0 bridgehead atoms. The van der Waals surface area contributed by atoms with E-state index in [1.807, 2.05) is 0 Å².